The molecule has 1 heterocycles. The van der Waals surface area contributed by atoms with E-state index in [2.05, 4.69) is 0 Å². The van der Waals surface area contributed by atoms with E-state index in [1.54, 1.807) is 0 Å². The topological polar surface area (TPSA) is 124 Å². The van der Waals surface area contributed by atoms with E-state index in [4.69, 9.17) is 4.74 Å². The summed E-state index contributed by atoms with van der Waals surface area (Å²) >= 11 is 0. The van der Waals surface area contributed by atoms with Crippen molar-refractivity contribution in [2.75, 3.05) is 13.2 Å². The van der Waals surface area contributed by atoms with Crippen LogP contribution in [-0.2, 0) is 9.53 Å². The fraction of sp³-hybridized carbons (Fsp3) is 0.111. The van der Waals surface area contributed by atoms with E-state index in [9.17, 15) is 33.7 Å². The number of halogens is 1. The normalized spacial score (nSPS) is 12.7. The van der Waals surface area contributed by atoms with Crippen LogP contribution in [0.25, 0.3) is 0 Å². The van der Waals surface area contributed by atoms with Crippen molar-refractivity contribution in [2.45, 2.75) is 0 Å². The molecule has 0 spiro atoms. The molecule has 0 aliphatic carbocycles. The number of carbonyl (C=O) groups excluding carboxylic acids is 4. The summed E-state index contributed by atoms with van der Waals surface area (Å²) in [5, 5.41) is 11.0. The molecule has 0 saturated carbocycles. The predicted molar refractivity (Wildman–Crippen MR) is 90.2 cm³/mol. The predicted octanol–water partition coefficient (Wildman–Crippen LogP) is 1.76. The number of hydrogen-bond donors (Lipinski definition) is 0. The lowest BCUT2D eigenvalue weighted by atomic mass is 10.1. The molecule has 3 rings (SSSR count). The molecule has 0 N–H and O–H groups in total. The Labute approximate surface area is 156 Å². The number of nitro groups is 1. The molecule has 0 fully saturated rings. The van der Waals surface area contributed by atoms with E-state index < -0.39 is 58.7 Å². The van der Waals surface area contributed by atoms with Gasteiger partial charge in [0, 0.05) is 11.6 Å². The largest absolute Gasteiger partial charge is 0.456 e. The molecule has 9 nitrogen and oxygen atoms in total. The van der Waals surface area contributed by atoms with Crippen molar-refractivity contribution < 1.29 is 33.2 Å². The first-order valence-corrected chi connectivity index (χ1v) is 7.87. The molecule has 0 saturated heterocycles. The van der Waals surface area contributed by atoms with Crippen LogP contribution in [0.3, 0.4) is 0 Å². The second-order valence-corrected chi connectivity index (χ2v) is 5.74. The molecule has 0 unspecified atom stereocenters. The third-order valence-corrected chi connectivity index (χ3v) is 3.99. The third-order valence-electron chi connectivity index (χ3n) is 3.99. The van der Waals surface area contributed by atoms with E-state index in [1.165, 1.54) is 24.3 Å². The highest BCUT2D eigenvalue weighted by Crippen LogP contribution is 2.30. The summed E-state index contributed by atoms with van der Waals surface area (Å²) in [7, 11) is 0. The Balaban J connectivity index is 1.66. The average Bonchev–Trinajstić information content (AvgIpc) is 2.91. The summed E-state index contributed by atoms with van der Waals surface area (Å²) in [4.78, 5) is 59.2. The number of nitrogens with zero attached hydrogens (tertiary/aromatic N) is 2. The molecule has 1 aliphatic rings. The lowest BCUT2D eigenvalue weighted by molar-refractivity contribution is -0.385. The van der Waals surface area contributed by atoms with Gasteiger partial charge in [0.2, 0.25) is 0 Å². The highest BCUT2D eigenvalue weighted by atomic mass is 19.1. The van der Waals surface area contributed by atoms with Crippen molar-refractivity contribution in [1.29, 1.82) is 0 Å². The van der Waals surface area contributed by atoms with Crippen LogP contribution >= 0.6 is 0 Å². The molecular weight excluding hydrogens is 375 g/mol. The van der Waals surface area contributed by atoms with Gasteiger partial charge >= 0.3 is 5.97 Å². The van der Waals surface area contributed by atoms with Gasteiger partial charge in [-0.05, 0) is 30.3 Å². The van der Waals surface area contributed by atoms with Crippen molar-refractivity contribution in [3.63, 3.8) is 0 Å². The molecule has 0 radical (unpaired) electrons. The lowest BCUT2D eigenvalue weighted by Crippen LogP contribution is -2.36. The average molecular weight is 386 g/mol. The standard InChI is InChI=1S/C18H11FN2O7/c19-11-6-4-10(5-7-11)14(22)9-28-15(23)8-20-17(24)12-2-1-3-13(21(26)27)16(12)18(20)25/h1-7H,8-9H2. The zero-order valence-electron chi connectivity index (χ0n) is 14.1. The first-order chi connectivity index (χ1) is 13.3. The molecule has 2 aromatic rings. The molecule has 2 amide bonds. The van der Waals surface area contributed by atoms with Crippen LogP contribution in [0.15, 0.2) is 42.5 Å². The number of carbonyl (C=O) groups is 4. The van der Waals surface area contributed by atoms with E-state index in [1.807, 2.05) is 0 Å². The minimum atomic E-state index is -1.05. The van der Waals surface area contributed by atoms with Crippen LogP contribution in [0, 0.1) is 15.9 Å². The smallest absolute Gasteiger partial charge is 0.326 e. The number of amides is 2. The van der Waals surface area contributed by atoms with Crippen LogP contribution in [0.4, 0.5) is 10.1 Å². The van der Waals surface area contributed by atoms with Crippen molar-refractivity contribution in [2.24, 2.45) is 0 Å². The number of Topliss-reactive ketones (excluding diaryl/α,β-unsaturated/α-hetero) is 1. The number of imide groups is 1. The van der Waals surface area contributed by atoms with Crippen LogP contribution in [0.2, 0.25) is 0 Å². The van der Waals surface area contributed by atoms with Crippen molar-refractivity contribution in [3.05, 3.63) is 75.1 Å². The van der Waals surface area contributed by atoms with Gasteiger partial charge in [0.15, 0.2) is 12.4 Å². The number of ether oxygens (including phenoxy) is 1. The zero-order valence-corrected chi connectivity index (χ0v) is 14.1. The Morgan fingerprint density at radius 2 is 1.75 bits per heavy atom. The SMILES string of the molecule is O=C(CN1C(=O)c2cccc([N+](=O)[O-])c2C1=O)OCC(=O)c1ccc(F)cc1. The molecule has 0 atom stereocenters. The van der Waals surface area contributed by atoms with Gasteiger partial charge in [0.25, 0.3) is 17.5 Å². The van der Waals surface area contributed by atoms with Gasteiger partial charge in [-0.15, -0.1) is 0 Å². The van der Waals surface area contributed by atoms with Gasteiger partial charge in [-0.1, -0.05) is 6.07 Å². The zero-order chi connectivity index (χ0) is 20.4. The van der Waals surface area contributed by atoms with Gasteiger partial charge in [-0.25, -0.2) is 4.39 Å². The second-order valence-electron chi connectivity index (χ2n) is 5.74. The summed E-state index contributed by atoms with van der Waals surface area (Å²) in [5.41, 5.74) is -1.01. The molecule has 0 aromatic heterocycles. The maximum atomic E-state index is 12.8. The number of benzene rings is 2. The summed E-state index contributed by atoms with van der Waals surface area (Å²) in [6.07, 6.45) is 0. The summed E-state index contributed by atoms with van der Waals surface area (Å²) in [6.45, 7) is -1.48. The van der Waals surface area contributed by atoms with Gasteiger partial charge in [-0.2, -0.15) is 0 Å². The molecule has 28 heavy (non-hydrogen) atoms. The monoisotopic (exact) mass is 386 g/mol. The minimum Gasteiger partial charge on any atom is -0.456 e. The van der Waals surface area contributed by atoms with Crippen LogP contribution in [0.1, 0.15) is 31.1 Å². The van der Waals surface area contributed by atoms with E-state index in [-0.39, 0.29) is 11.1 Å². The quantitative estimate of drug-likeness (QED) is 0.244. The molecule has 142 valence electrons. The van der Waals surface area contributed by atoms with E-state index >= 15 is 0 Å². The van der Waals surface area contributed by atoms with E-state index in [0.29, 0.717) is 4.90 Å². The summed E-state index contributed by atoms with van der Waals surface area (Å²) in [6, 6.07) is 8.15. The Bertz CT molecular complexity index is 1020. The Hall–Kier alpha value is -3.95. The van der Waals surface area contributed by atoms with Crippen LogP contribution in [-0.4, -0.2) is 46.5 Å². The first kappa shape index (κ1) is 18.8. The van der Waals surface area contributed by atoms with Crippen LogP contribution in [0.5, 0.6) is 0 Å². The minimum absolute atomic E-state index is 0.116. The van der Waals surface area contributed by atoms with Crippen molar-refractivity contribution >= 4 is 29.3 Å². The molecule has 1 aliphatic heterocycles. The molecular formula is C18H11FN2O7. The summed E-state index contributed by atoms with van der Waals surface area (Å²) < 4.78 is 17.6. The highest BCUT2D eigenvalue weighted by Gasteiger charge is 2.41. The molecule has 10 heteroatoms. The maximum absolute atomic E-state index is 12.8. The molecule has 0 bridgehead atoms. The number of fused-ring (bicyclic) bond motifs is 1. The summed E-state index contributed by atoms with van der Waals surface area (Å²) in [5.74, 6) is -4.05. The maximum Gasteiger partial charge on any atom is 0.326 e. The molecule has 2 aromatic carbocycles. The number of hydrogen-bond acceptors (Lipinski definition) is 7. The highest BCUT2D eigenvalue weighted by molar-refractivity contribution is 6.24. The number of rotatable bonds is 6. The Morgan fingerprint density at radius 3 is 2.39 bits per heavy atom. The van der Waals surface area contributed by atoms with Gasteiger partial charge in [0.05, 0.1) is 10.5 Å². The number of ketones is 1. The van der Waals surface area contributed by atoms with Gasteiger partial charge in [-0.3, -0.25) is 34.2 Å². The first-order valence-electron chi connectivity index (χ1n) is 7.87. The van der Waals surface area contributed by atoms with Crippen LogP contribution < -0.4 is 0 Å². The van der Waals surface area contributed by atoms with Gasteiger partial charge in [0.1, 0.15) is 17.9 Å². The number of esters is 1. The second kappa shape index (κ2) is 7.35. The van der Waals surface area contributed by atoms with Crippen molar-refractivity contribution in [1.82, 2.24) is 4.90 Å². The Morgan fingerprint density at radius 1 is 1.07 bits per heavy atom. The lowest BCUT2D eigenvalue weighted by Gasteiger charge is -2.12. The fourth-order valence-electron chi connectivity index (χ4n) is 2.65. The number of nitro benzene ring substituents is 1. The van der Waals surface area contributed by atoms with E-state index in [0.717, 1.165) is 18.2 Å². The van der Waals surface area contributed by atoms with Gasteiger partial charge < -0.3 is 4.74 Å². The van der Waals surface area contributed by atoms with Crippen molar-refractivity contribution in [3.8, 4) is 0 Å². The fourth-order valence-corrected chi connectivity index (χ4v) is 2.65. The third kappa shape index (κ3) is 3.47. The Kier molecular flexibility index (Phi) is 4.94.